The minimum Gasteiger partial charge on any atom is -0.453 e. The molecule has 0 radical (unpaired) electrons. The summed E-state index contributed by atoms with van der Waals surface area (Å²) in [6.07, 6.45) is 0.200. The predicted octanol–water partition coefficient (Wildman–Crippen LogP) is 5.44. The Kier molecular flexibility index (Phi) is 5.24. The summed E-state index contributed by atoms with van der Waals surface area (Å²) in [6, 6.07) is 7.91. The van der Waals surface area contributed by atoms with Crippen molar-refractivity contribution in [2.24, 2.45) is 0 Å². The van der Waals surface area contributed by atoms with Gasteiger partial charge in [0.1, 0.15) is 11.4 Å². The Labute approximate surface area is 165 Å². The first kappa shape index (κ1) is 19.4. The van der Waals surface area contributed by atoms with Crippen LogP contribution < -0.4 is 4.74 Å². The highest BCUT2D eigenvalue weighted by Crippen LogP contribution is 2.35. The zero-order valence-electron chi connectivity index (χ0n) is 15.2. The molecule has 0 bridgehead atoms. The summed E-state index contributed by atoms with van der Waals surface area (Å²) in [7, 11) is 0. The second-order valence-corrected chi connectivity index (χ2v) is 8.11. The fraction of sp³-hybridized carbons (Fsp3) is 0.300. The minimum absolute atomic E-state index is 0.000915. The lowest BCUT2D eigenvalue weighted by atomic mass is 10.1. The summed E-state index contributed by atoms with van der Waals surface area (Å²) < 4.78 is 26.1. The monoisotopic (exact) mass is 435 g/mol. The van der Waals surface area contributed by atoms with Crippen molar-refractivity contribution >= 4 is 28.3 Å². The first-order valence-corrected chi connectivity index (χ1v) is 9.18. The van der Waals surface area contributed by atoms with E-state index < -0.39 is 17.5 Å². The lowest BCUT2D eigenvalue weighted by Gasteiger charge is -2.24. The number of fused-ring (bicyclic) bond motifs is 1. The molecular weight excluding hydrogens is 417 g/mol. The number of carbonyl (C=O) groups is 2. The van der Waals surface area contributed by atoms with Crippen LogP contribution in [0, 0.1) is 5.82 Å². The number of hydrogen-bond donors (Lipinski definition) is 0. The van der Waals surface area contributed by atoms with Gasteiger partial charge in [0.2, 0.25) is 0 Å². The molecule has 5 nitrogen and oxygen atoms in total. The second kappa shape index (κ2) is 7.31. The van der Waals surface area contributed by atoms with Crippen molar-refractivity contribution in [1.82, 2.24) is 4.90 Å². The van der Waals surface area contributed by atoms with Crippen molar-refractivity contribution in [3.05, 3.63) is 57.3 Å². The SMILES string of the molecule is CC(C)(C)OC(=O)N1Cc2cc(F)c(Oc3cccc(Br)c3C=O)cc2C1. The third-order valence-corrected chi connectivity index (χ3v) is 4.67. The smallest absolute Gasteiger partial charge is 0.410 e. The van der Waals surface area contributed by atoms with Crippen LogP contribution in [0.2, 0.25) is 0 Å². The molecule has 3 rings (SSSR count). The van der Waals surface area contributed by atoms with Gasteiger partial charge in [-0.25, -0.2) is 9.18 Å². The van der Waals surface area contributed by atoms with Crippen molar-refractivity contribution in [1.29, 1.82) is 0 Å². The van der Waals surface area contributed by atoms with Crippen molar-refractivity contribution in [2.45, 2.75) is 39.5 Å². The molecule has 1 aliphatic heterocycles. The van der Waals surface area contributed by atoms with Crippen LogP contribution >= 0.6 is 15.9 Å². The van der Waals surface area contributed by atoms with Gasteiger partial charge >= 0.3 is 6.09 Å². The molecule has 7 heteroatoms. The topological polar surface area (TPSA) is 55.8 Å². The molecular formula is C20H19BrFNO4. The van der Waals surface area contributed by atoms with E-state index in [1.54, 1.807) is 45.0 Å². The molecule has 1 amide bonds. The maximum Gasteiger partial charge on any atom is 0.410 e. The molecule has 0 fully saturated rings. The Hall–Kier alpha value is -2.41. The molecule has 1 aliphatic rings. The van der Waals surface area contributed by atoms with E-state index in [2.05, 4.69) is 15.9 Å². The van der Waals surface area contributed by atoms with E-state index in [0.717, 1.165) is 5.56 Å². The summed E-state index contributed by atoms with van der Waals surface area (Å²) >= 11 is 3.27. The molecule has 27 heavy (non-hydrogen) atoms. The Morgan fingerprint density at radius 3 is 2.48 bits per heavy atom. The number of nitrogens with zero attached hydrogens (tertiary/aromatic N) is 1. The highest BCUT2D eigenvalue weighted by atomic mass is 79.9. The first-order valence-electron chi connectivity index (χ1n) is 8.38. The lowest BCUT2D eigenvalue weighted by molar-refractivity contribution is 0.0241. The summed E-state index contributed by atoms with van der Waals surface area (Å²) in [5.74, 6) is -0.308. The zero-order chi connectivity index (χ0) is 19.8. The Bertz CT molecular complexity index is 908. The Morgan fingerprint density at radius 1 is 1.19 bits per heavy atom. The van der Waals surface area contributed by atoms with E-state index in [1.807, 2.05) is 0 Å². The molecule has 2 aromatic carbocycles. The van der Waals surface area contributed by atoms with E-state index in [-0.39, 0.29) is 18.0 Å². The van der Waals surface area contributed by atoms with Gasteiger partial charge in [-0.15, -0.1) is 0 Å². The van der Waals surface area contributed by atoms with E-state index in [0.29, 0.717) is 28.4 Å². The molecule has 0 unspecified atom stereocenters. The number of amides is 1. The second-order valence-electron chi connectivity index (χ2n) is 7.26. The Morgan fingerprint density at radius 2 is 1.85 bits per heavy atom. The number of rotatable bonds is 3. The number of ether oxygens (including phenoxy) is 2. The standard InChI is InChI=1S/C20H19BrFNO4/c1-20(2,3)27-19(25)23-9-12-7-16(22)18(8-13(12)10-23)26-17-6-4-5-15(21)14(17)11-24/h4-8,11H,9-10H2,1-3H3. The van der Waals surface area contributed by atoms with Crippen molar-refractivity contribution in [2.75, 3.05) is 0 Å². The normalized spacial score (nSPS) is 13.3. The van der Waals surface area contributed by atoms with Gasteiger partial charge in [-0.1, -0.05) is 6.07 Å². The molecule has 0 spiro atoms. The van der Waals surface area contributed by atoms with Gasteiger partial charge in [-0.3, -0.25) is 9.69 Å². The van der Waals surface area contributed by atoms with Crippen molar-refractivity contribution in [3.8, 4) is 11.5 Å². The van der Waals surface area contributed by atoms with Gasteiger partial charge in [0.25, 0.3) is 0 Å². The highest BCUT2D eigenvalue weighted by Gasteiger charge is 2.29. The van der Waals surface area contributed by atoms with Gasteiger partial charge in [0.05, 0.1) is 5.56 Å². The third kappa shape index (κ3) is 4.30. The summed E-state index contributed by atoms with van der Waals surface area (Å²) in [5, 5.41) is 0. The van der Waals surface area contributed by atoms with Gasteiger partial charge < -0.3 is 9.47 Å². The summed E-state index contributed by atoms with van der Waals surface area (Å²) in [4.78, 5) is 25.0. The van der Waals surface area contributed by atoms with Crippen LogP contribution in [0.4, 0.5) is 9.18 Å². The van der Waals surface area contributed by atoms with E-state index in [1.165, 1.54) is 11.0 Å². The van der Waals surface area contributed by atoms with Crippen LogP contribution in [0.25, 0.3) is 0 Å². The molecule has 0 saturated carbocycles. The average Bonchev–Trinajstić information content (AvgIpc) is 2.97. The van der Waals surface area contributed by atoms with Gasteiger partial charge in [-0.2, -0.15) is 0 Å². The molecule has 0 aliphatic carbocycles. The maximum absolute atomic E-state index is 14.5. The van der Waals surface area contributed by atoms with Crippen LogP contribution in [-0.4, -0.2) is 22.9 Å². The number of halogens is 2. The quantitative estimate of drug-likeness (QED) is 0.601. The Balaban J connectivity index is 1.83. The molecule has 0 atom stereocenters. The van der Waals surface area contributed by atoms with Crippen molar-refractivity contribution in [3.63, 3.8) is 0 Å². The van der Waals surface area contributed by atoms with Crippen LogP contribution in [-0.2, 0) is 17.8 Å². The number of aldehydes is 1. The van der Waals surface area contributed by atoms with Crippen LogP contribution in [0.1, 0.15) is 42.3 Å². The maximum atomic E-state index is 14.5. The van der Waals surface area contributed by atoms with Crippen LogP contribution in [0.5, 0.6) is 11.5 Å². The molecule has 1 heterocycles. The zero-order valence-corrected chi connectivity index (χ0v) is 16.8. The molecule has 142 valence electrons. The van der Waals surface area contributed by atoms with Gasteiger partial charge in [0.15, 0.2) is 17.9 Å². The summed E-state index contributed by atoms with van der Waals surface area (Å²) in [5.41, 5.74) is 1.18. The molecule has 2 aromatic rings. The predicted molar refractivity (Wildman–Crippen MR) is 101 cm³/mol. The largest absolute Gasteiger partial charge is 0.453 e. The fourth-order valence-corrected chi connectivity index (χ4v) is 3.21. The van der Waals surface area contributed by atoms with E-state index in [4.69, 9.17) is 9.47 Å². The van der Waals surface area contributed by atoms with Gasteiger partial charge in [0, 0.05) is 17.6 Å². The van der Waals surface area contributed by atoms with Crippen molar-refractivity contribution < 1.29 is 23.5 Å². The van der Waals surface area contributed by atoms with Crippen LogP contribution in [0.3, 0.4) is 0 Å². The summed E-state index contributed by atoms with van der Waals surface area (Å²) in [6.45, 7) is 5.96. The van der Waals surface area contributed by atoms with Gasteiger partial charge in [-0.05, 0) is 72.1 Å². The minimum atomic E-state index is -0.600. The van der Waals surface area contributed by atoms with E-state index >= 15 is 0 Å². The third-order valence-electron chi connectivity index (χ3n) is 3.98. The number of carbonyl (C=O) groups excluding carboxylic acids is 2. The van der Waals surface area contributed by atoms with E-state index in [9.17, 15) is 14.0 Å². The molecule has 0 aromatic heterocycles. The average molecular weight is 436 g/mol. The lowest BCUT2D eigenvalue weighted by Crippen LogP contribution is -2.33. The van der Waals surface area contributed by atoms with Crippen LogP contribution in [0.15, 0.2) is 34.8 Å². The highest BCUT2D eigenvalue weighted by molar-refractivity contribution is 9.10. The number of benzene rings is 2. The molecule has 0 saturated heterocycles. The molecule has 0 N–H and O–H groups in total. The number of hydrogen-bond acceptors (Lipinski definition) is 4. The fourth-order valence-electron chi connectivity index (χ4n) is 2.77. The first-order chi connectivity index (χ1) is 12.7.